The van der Waals surface area contributed by atoms with Crippen molar-refractivity contribution in [2.24, 2.45) is 5.16 Å². The van der Waals surface area contributed by atoms with Crippen LogP contribution in [0.5, 0.6) is 0 Å². The average molecular weight is 295 g/mol. The van der Waals surface area contributed by atoms with E-state index in [9.17, 15) is 13.6 Å². The highest BCUT2D eigenvalue weighted by Gasteiger charge is 2.62. The molecule has 1 saturated carbocycles. The third-order valence-corrected chi connectivity index (χ3v) is 3.85. The summed E-state index contributed by atoms with van der Waals surface area (Å²) in [5.41, 5.74) is -0.743. The zero-order valence-corrected chi connectivity index (χ0v) is 11.5. The molecule has 0 aromatic carbocycles. The second-order valence-corrected chi connectivity index (χ2v) is 5.65. The summed E-state index contributed by atoms with van der Waals surface area (Å²) in [6.45, 7) is 1.82. The molecule has 5 nitrogen and oxygen atoms in total. The number of hydrogen-bond acceptors (Lipinski definition) is 4. The second-order valence-electron chi connectivity index (χ2n) is 5.65. The van der Waals surface area contributed by atoms with Crippen molar-refractivity contribution in [3.05, 3.63) is 30.1 Å². The lowest BCUT2D eigenvalue weighted by Crippen LogP contribution is -2.59. The summed E-state index contributed by atoms with van der Waals surface area (Å²) in [5.74, 6) is -2.92. The Hall–Kier alpha value is -2.05. The van der Waals surface area contributed by atoms with Gasteiger partial charge in [0.15, 0.2) is 5.84 Å². The zero-order chi connectivity index (χ0) is 15.1. The largest absolute Gasteiger partial charge is 0.391 e. The third-order valence-electron chi connectivity index (χ3n) is 3.85. The van der Waals surface area contributed by atoms with E-state index >= 15 is 0 Å². The van der Waals surface area contributed by atoms with Crippen LogP contribution in [0.1, 0.15) is 31.7 Å². The van der Waals surface area contributed by atoms with E-state index in [1.807, 2.05) is 6.92 Å². The second kappa shape index (κ2) is 4.75. The van der Waals surface area contributed by atoms with Crippen molar-refractivity contribution >= 4 is 11.7 Å². The molecule has 112 valence electrons. The minimum atomic E-state index is -2.82. The molecule has 2 heterocycles. The number of carbonyl (C=O) groups is 1. The highest BCUT2D eigenvalue weighted by Crippen LogP contribution is 2.53. The van der Waals surface area contributed by atoms with E-state index in [0.717, 1.165) is 0 Å². The van der Waals surface area contributed by atoms with Crippen molar-refractivity contribution in [2.45, 2.75) is 43.6 Å². The zero-order valence-electron chi connectivity index (χ0n) is 11.5. The fourth-order valence-electron chi connectivity index (χ4n) is 2.80. The maximum Gasteiger partial charge on any atom is 0.250 e. The minimum absolute atomic E-state index is 0.113. The first kappa shape index (κ1) is 13.9. The molecule has 1 aromatic rings. The summed E-state index contributed by atoms with van der Waals surface area (Å²) in [7, 11) is 0. The van der Waals surface area contributed by atoms with Gasteiger partial charge in [0.1, 0.15) is 6.10 Å². The van der Waals surface area contributed by atoms with Crippen molar-refractivity contribution in [3.8, 4) is 0 Å². The summed E-state index contributed by atoms with van der Waals surface area (Å²) in [6, 6.07) is 3.29. The van der Waals surface area contributed by atoms with Crippen molar-refractivity contribution in [2.75, 3.05) is 0 Å². The molecule has 0 radical (unpaired) electrons. The van der Waals surface area contributed by atoms with E-state index in [0.29, 0.717) is 17.8 Å². The summed E-state index contributed by atoms with van der Waals surface area (Å²) in [4.78, 5) is 21.4. The van der Waals surface area contributed by atoms with Crippen LogP contribution in [-0.2, 0) is 15.0 Å². The van der Waals surface area contributed by atoms with E-state index in [4.69, 9.17) is 4.84 Å². The number of amides is 1. The highest BCUT2D eigenvalue weighted by atomic mass is 19.3. The molecule has 1 aromatic heterocycles. The first-order valence-corrected chi connectivity index (χ1v) is 6.74. The molecule has 1 unspecified atom stereocenters. The van der Waals surface area contributed by atoms with Gasteiger partial charge in [-0.25, -0.2) is 8.78 Å². The number of halogens is 2. The fraction of sp³-hybridized carbons (Fsp3) is 0.500. The molecule has 3 rings (SSSR count). The van der Waals surface area contributed by atoms with Gasteiger partial charge in [-0.3, -0.25) is 9.78 Å². The monoisotopic (exact) mass is 295 g/mol. The Kier molecular flexibility index (Phi) is 3.15. The predicted octanol–water partition coefficient (Wildman–Crippen LogP) is 1.99. The number of oxime groups is 1. The van der Waals surface area contributed by atoms with Crippen LogP contribution >= 0.6 is 0 Å². The van der Waals surface area contributed by atoms with Gasteiger partial charge in [-0.05, 0) is 18.6 Å². The van der Waals surface area contributed by atoms with Gasteiger partial charge in [0.2, 0.25) is 5.91 Å². The molecule has 7 heteroatoms. The van der Waals surface area contributed by atoms with Gasteiger partial charge in [0.05, 0.1) is 5.41 Å². The number of nitrogens with zero attached hydrogens (tertiary/aromatic N) is 2. The van der Waals surface area contributed by atoms with Crippen molar-refractivity contribution in [1.29, 1.82) is 0 Å². The number of alkyl halides is 2. The maximum atomic E-state index is 13.4. The molecule has 1 atom stereocenters. The number of pyridine rings is 1. The van der Waals surface area contributed by atoms with Crippen molar-refractivity contribution in [3.63, 3.8) is 0 Å². The normalized spacial score (nSPS) is 25.5. The van der Waals surface area contributed by atoms with Gasteiger partial charge < -0.3 is 10.2 Å². The van der Waals surface area contributed by atoms with E-state index in [2.05, 4.69) is 15.5 Å². The lowest BCUT2D eigenvalue weighted by molar-refractivity contribution is -0.157. The number of carbonyl (C=O) groups excluding carboxylic acids is 1. The molecule has 0 spiro atoms. The molecular weight excluding hydrogens is 280 g/mol. The Morgan fingerprint density at radius 2 is 2.24 bits per heavy atom. The quantitative estimate of drug-likeness (QED) is 0.907. The summed E-state index contributed by atoms with van der Waals surface area (Å²) >= 11 is 0. The van der Waals surface area contributed by atoms with E-state index in [-0.39, 0.29) is 6.10 Å². The van der Waals surface area contributed by atoms with Crippen LogP contribution in [0.4, 0.5) is 8.78 Å². The molecule has 1 amide bonds. The van der Waals surface area contributed by atoms with Crippen molar-refractivity contribution in [1.82, 2.24) is 10.3 Å². The number of nitrogens with one attached hydrogen (secondary N) is 1. The Balaban J connectivity index is 1.82. The van der Waals surface area contributed by atoms with Crippen LogP contribution in [0, 0.1) is 0 Å². The molecule has 21 heavy (non-hydrogen) atoms. The van der Waals surface area contributed by atoms with Gasteiger partial charge >= 0.3 is 0 Å². The average Bonchev–Trinajstić information content (AvgIpc) is 2.82. The number of rotatable bonds is 2. The maximum absolute atomic E-state index is 13.4. The van der Waals surface area contributed by atoms with Gasteiger partial charge in [0.25, 0.3) is 5.92 Å². The molecule has 1 aliphatic heterocycles. The van der Waals surface area contributed by atoms with Crippen LogP contribution in [-0.4, -0.2) is 28.8 Å². The Labute approximate surface area is 120 Å². The fourth-order valence-corrected chi connectivity index (χ4v) is 2.80. The predicted molar refractivity (Wildman–Crippen MR) is 70.8 cm³/mol. The van der Waals surface area contributed by atoms with E-state index < -0.39 is 30.1 Å². The Morgan fingerprint density at radius 3 is 2.76 bits per heavy atom. The molecule has 2 aliphatic rings. The molecular formula is C14H15F2N3O2. The van der Waals surface area contributed by atoms with E-state index in [1.54, 1.807) is 18.3 Å². The topological polar surface area (TPSA) is 63.6 Å². The van der Waals surface area contributed by atoms with Crippen LogP contribution < -0.4 is 5.32 Å². The number of aromatic nitrogens is 1. The summed E-state index contributed by atoms with van der Waals surface area (Å²) < 4.78 is 26.8. The Bertz CT molecular complexity index is 581. The third kappa shape index (κ3) is 2.48. The van der Waals surface area contributed by atoms with Crippen LogP contribution in [0.2, 0.25) is 0 Å². The first-order valence-electron chi connectivity index (χ1n) is 6.74. The van der Waals surface area contributed by atoms with E-state index in [1.165, 1.54) is 6.20 Å². The molecule has 1 fully saturated rings. The van der Waals surface area contributed by atoms with Gasteiger partial charge in [-0.2, -0.15) is 0 Å². The highest BCUT2D eigenvalue weighted by molar-refractivity contribution is 6.03. The standard InChI is InChI=1S/C14H15F2N3O2/c1-9-5-11(19-21-9)18-12(20)13(7-14(15,16)8-13)10-3-2-4-17-6-10/h2-4,6,9H,5,7-8H2,1H3,(H,18,19,20). The Morgan fingerprint density at radius 1 is 1.48 bits per heavy atom. The molecule has 0 saturated heterocycles. The SMILES string of the molecule is CC1CC(NC(=O)C2(c3cccnc3)CC(F)(F)C2)=NO1. The van der Waals surface area contributed by atoms with Crippen molar-refractivity contribution < 1.29 is 18.4 Å². The van der Waals surface area contributed by atoms with Gasteiger partial charge in [-0.1, -0.05) is 11.2 Å². The van der Waals surface area contributed by atoms with Gasteiger partial charge in [-0.15, -0.1) is 0 Å². The molecule has 1 N–H and O–H groups in total. The van der Waals surface area contributed by atoms with Crippen LogP contribution in [0.25, 0.3) is 0 Å². The summed E-state index contributed by atoms with van der Waals surface area (Å²) in [6.07, 6.45) is 2.33. The lowest BCUT2D eigenvalue weighted by atomic mass is 9.61. The lowest BCUT2D eigenvalue weighted by Gasteiger charge is -2.45. The number of amidine groups is 1. The summed E-state index contributed by atoms with van der Waals surface area (Å²) in [5, 5.41) is 6.35. The smallest absolute Gasteiger partial charge is 0.250 e. The number of hydrogen-bond donors (Lipinski definition) is 1. The van der Waals surface area contributed by atoms with Gasteiger partial charge in [0, 0.05) is 31.7 Å². The van der Waals surface area contributed by atoms with Crippen LogP contribution in [0.15, 0.2) is 29.7 Å². The first-order chi connectivity index (χ1) is 9.91. The van der Waals surface area contributed by atoms with Crippen LogP contribution in [0.3, 0.4) is 0 Å². The molecule has 0 bridgehead atoms. The molecule has 1 aliphatic carbocycles. The minimum Gasteiger partial charge on any atom is -0.391 e.